The van der Waals surface area contributed by atoms with E-state index in [4.69, 9.17) is 4.74 Å². The summed E-state index contributed by atoms with van der Waals surface area (Å²) in [5, 5.41) is 13.6. The Kier molecular flexibility index (Phi) is 6.86. The number of hydrogen-bond donors (Lipinski definition) is 2. The second-order valence-corrected chi connectivity index (χ2v) is 5.55. The second-order valence-electron chi connectivity index (χ2n) is 4.63. The number of ether oxygens (including phenoxy) is 1. The van der Waals surface area contributed by atoms with E-state index in [0.29, 0.717) is 6.04 Å². The molecule has 2 N–H and O–H groups in total. The predicted molar refractivity (Wildman–Crippen MR) is 77.7 cm³/mol. The zero-order valence-corrected chi connectivity index (χ0v) is 12.8. The maximum atomic E-state index is 10.2. The Morgan fingerprint density at radius 2 is 1.89 bits per heavy atom. The summed E-state index contributed by atoms with van der Waals surface area (Å²) in [5.41, 5.74) is 0.928. The van der Waals surface area contributed by atoms with Gasteiger partial charge in [-0.1, -0.05) is 28.1 Å². The van der Waals surface area contributed by atoms with Crippen molar-refractivity contribution in [2.45, 2.75) is 38.5 Å². The first-order chi connectivity index (χ1) is 8.54. The minimum Gasteiger partial charge on any atom is -0.387 e. The van der Waals surface area contributed by atoms with Gasteiger partial charge in [0.15, 0.2) is 0 Å². The van der Waals surface area contributed by atoms with Crippen molar-refractivity contribution in [3.8, 4) is 0 Å². The molecule has 18 heavy (non-hydrogen) atoms. The molecule has 3 nitrogen and oxygen atoms in total. The van der Waals surface area contributed by atoms with Crippen LogP contribution in [0.2, 0.25) is 0 Å². The number of methoxy groups -OCH3 is 1. The maximum Gasteiger partial charge on any atom is 0.0940 e. The van der Waals surface area contributed by atoms with Crippen molar-refractivity contribution in [2.75, 3.05) is 13.7 Å². The van der Waals surface area contributed by atoms with E-state index in [1.165, 1.54) is 0 Å². The monoisotopic (exact) mass is 315 g/mol. The molecule has 0 aliphatic carbocycles. The Balaban J connectivity index is 2.50. The zero-order valence-electron chi connectivity index (χ0n) is 11.2. The first kappa shape index (κ1) is 15.6. The minimum atomic E-state index is -0.497. The van der Waals surface area contributed by atoms with Crippen molar-refractivity contribution in [3.05, 3.63) is 34.3 Å². The van der Waals surface area contributed by atoms with Crippen molar-refractivity contribution in [2.24, 2.45) is 0 Å². The Morgan fingerprint density at radius 3 is 2.44 bits per heavy atom. The van der Waals surface area contributed by atoms with Crippen molar-refractivity contribution in [3.63, 3.8) is 0 Å². The average Bonchev–Trinajstić information content (AvgIpc) is 2.36. The first-order valence-corrected chi connectivity index (χ1v) is 7.02. The van der Waals surface area contributed by atoms with Crippen LogP contribution < -0.4 is 5.32 Å². The number of halogens is 1. The van der Waals surface area contributed by atoms with Gasteiger partial charge in [-0.3, -0.25) is 0 Å². The fourth-order valence-corrected chi connectivity index (χ4v) is 2.13. The Morgan fingerprint density at radius 1 is 1.28 bits per heavy atom. The molecule has 0 aliphatic rings. The van der Waals surface area contributed by atoms with Crippen molar-refractivity contribution >= 4 is 15.9 Å². The molecule has 3 atom stereocenters. The standard InChI is InChI=1S/C14H22BrNO2/c1-10(8-9-18-3)16-11(2)14(17)12-4-6-13(15)7-5-12/h4-7,10-11,14,16-17H,8-9H2,1-3H3. The molecule has 102 valence electrons. The number of nitrogens with one attached hydrogen (secondary N) is 1. The molecule has 0 fully saturated rings. The van der Waals surface area contributed by atoms with Crippen LogP contribution in [0.25, 0.3) is 0 Å². The number of hydrogen-bond acceptors (Lipinski definition) is 3. The van der Waals surface area contributed by atoms with E-state index in [2.05, 4.69) is 28.2 Å². The molecule has 0 spiro atoms. The molecule has 1 aromatic carbocycles. The van der Waals surface area contributed by atoms with Gasteiger partial charge in [0.1, 0.15) is 0 Å². The quantitative estimate of drug-likeness (QED) is 0.813. The molecule has 0 saturated heterocycles. The summed E-state index contributed by atoms with van der Waals surface area (Å²) < 4.78 is 6.07. The van der Waals surface area contributed by atoms with Gasteiger partial charge in [-0.25, -0.2) is 0 Å². The highest BCUT2D eigenvalue weighted by molar-refractivity contribution is 9.10. The molecule has 0 radical (unpaired) electrons. The van der Waals surface area contributed by atoms with Gasteiger partial charge in [-0.05, 0) is 38.0 Å². The van der Waals surface area contributed by atoms with Crippen LogP contribution in [0.3, 0.4) is 0 Å². The van der Waals surface area contributed by atoms with Gasteiger partial charge in [-0.2, -0.15) is 0 Å². The fraction of sp³-hybridized carbons (Fsp3) is 0.571. The molecule has 4 heteroatoms. The second kappa shape index (κ2) is 7.89. The SMILES string of the molecule is COCCC(C)NC(C)C(O)c1ccc(Br)cc1. The van der Waals surface area contributed by atoms with Gasteiger partial charge in [0, 0.05) is 30.3 Å². The number of benzene rings is 1. The highest BCUT2D eigenvalue weighted by Crippen LogP contribution is 2.19. The third kappa shape index (κ3) is 5.06. The smallest absolute Gasteiger partial charge is 0.0940 e. The summed E-state index contributed by atoms with van der Waals surface area (Å²) in [7, 11) is 1.70. The van der Waals surface area contributed by atoms with Gasteiger partial charge in [-0.15, -0.1) is 0 Å². The largest absolute Gasteiger partial charge is 0.387 e. The molecule has 3 unspecified atom stereocenters. The fourth-order valence-electron chi connectivity index (χ4n) is 1.87. The summed E-state index contributed by atoms with van der Waals surface area (Å²) in [6, 6.07) is 8.10. The van der Waals surface area contributed by atoms with E-state index >= 15 is 0 Å². The average molecular weight is 316 g/mol. The van der Waals surface area contributed by atoms with Crippen LogP contribution in [-0.4, -0.2) is 30.9 Å². The maximum absolute atomic E-state index is 10.2. The predicted octanol–water partition coefficient (Wildman–Crippen LogP) is 2.89. The third-order valence-electron chi connectivity index (χ3n) is 2.99. The van der Waals surface area contributed by atoms with E-state index in [1.54, 1.807) is 7.11 Å². The molecule has 0 heterocycles. The summed E-state index contributed by atoms with van der Waals surface area (Å²) in [5.74, 6) is 0. The Bertz CT molecular complexity index is 342. The molecule has 0 amide bonds. The lowest BCUT2D eigenvalue weighted by Crippen LogP contribution is -2.39. The summed E-state index contributed by atoms with van der Waals surface area (Å²) in [6.07, 6.45) is 0.441. The lowest BCUT2D eigenvalue weighted by Gasteiger charge is -2.24. The molecule has 0 saturated carbocycles. The van der Waals surface area contributed by atoms with E-state index in [1.807, 2.05) is 31.2 Å². The molecule has 1 rings (SSSR count). The Labute approximate surface area is 118 Å². The van der Waals surface area contributed by atoms with E-state index in [9.17, 15) is 5.11 Å². The summed E-state index contributed by atoms with van der Waals surface area (Å²) in [6.45, 7) is 4.83. The van der Waals surface area contributed by atoms with E-state index < -0.39 is 6.10 Å². The molecule has 0 bridgehead atoms. The molecule has 0 aromatic heterocycles. The normalized spacial score (nSPS) is 16.3. The molecular formula is C14H22BrNO2. The van der Waals surface area contributed by atoms with E-state index in [-0.39, 0.29) is 6.04 Å². The number of rotatable bonds is 7. The van der Waals surface area contributed by atoms with Gasteiger partial charge >= 0.3 is 0 Å². The number of aliphatic hydroxyl groups excluding tert-OH is 1. The first-order valence-electron chi connectivity index (χ1n) is 6.23. The third-order valence-corrected chi connectivity index (χ3v) is 3.52. The van der Waals surface area contributed by atoms with E-state index in [0.717, 1.165) is 23.1 Å². The highest BCUT2D eigenvalue weighted by Gasteiger charge is 2.17. The van der Waals surface area contributed by atoms with Crippen LogP contribution in [0.1, 0.15) is 31.9 Å². The molecule has 1 aromatic rings. The zero-order chi connectivity index (χ0) is 13.5. The van der Waals surface area contributed by atoms with Crippen LogP contribution >= 0.6 is 15.9 Å². The Hall–Kier alpha value is -0.420. The van der Waals surface area contributed by atoms with Crippen molar-refractivity contribution < 1.29 is 9.84 Å². The summed E-state index contributed by atoms with van der Waals surface area (Å²) >= 11 is 3.39. The van der Waals surface area contributed by atoms with Crippen LogP contribution in [0.5, 0.6) is 0 Å². The van der Waals surface area contributed by atoms with Gasteiger partial charge in [0.05, 0.1) is 6.10 Å². The lowest BCUT2D eigenvalue weighted by molar-refractivity contribution is 0.123. The molecule has 0 aliphatic heterocycles. The van der Waals surface area contributed by atoms with Crippen molar-refractivity contribution in [1.82, 2.24) is 5.32 Å². The highest BCUT2D eigenvalue weighted by atomic mass is 79.9. The van der Waals surface area contributed by atoms with Crippen LogP contribution in [0, 0.1) is 0 Å². The van der Waals surface area contributed by atoms with Gasteiger partial charge < -0.3 is 15.2 Å². The topological polar surface area (TPSA) is 41.5 Å². The van der Waals surface area contributed by atoms with Gasteiger partial charge in [0.25, 0.3) is 0 Å². The molecular weight excluding hydrogens is 294 g/mol. The minimum absolute atomic E-state index is 0.0121. The lowest BCUT2D eigenvalue weighted by atomic mass is 10.0. The van der Waals surface area contributed by atoms with Gasteiger partial charge in [0.2, 0.25) is 0 Å². The number of aliphatic hydroxyl groups is 1. The van der Waals surface area contributed by atoms with Crippen LogP contribution in [0.4, 0.5) is 0 Å². The van der Waals surface area contributed by atoms with Crippen molar-refractivity contribution in [1.29, 1.82) is 0 Å². The summed E-state index contributed by atoms with van der Waals surface area (Å²) in [4.78, 5) is 0. The van der Waals surface area contributed by atoms with Crippen LogP contribution in [0.15, 0.2) is 28.7 Å². The van der Waals surface area contributed by atoms with Crippen LogP contribution in [-0.2, 0) is 4.74 Å².